The van der Waals surface area contributed by atoms with Crippen molar-refractivity contribution in [2.75, 3.05) is 13.2 Å². The Bertz CT molecular complexity index is 1750. The third-order valence-electron chi connectivity index (χ3n) is 12.3. The standard InChI is InChI=1S/C42H50O10/c1-5-6-7-8-15-20-32(43)52-41-23-27(3)40-22-26(2)34(44)42(40,49)35(45)30(24-50-37(47)28-16-11-9-12-17-28)21-31(36(40)46)33(41)39(41,4)25-51-38(48)29-18-13-10-14-19-29/h9-14,16-19,21-22,27,31,33-35,44-45,49H,5-8,15,20,23-25H2,1-4H3/t27-,31+,33-,34+,35-,39+,40+,41-,42-/m1/s1. The van der Waals surface area contributed by atoms with Crippen molar-refractivity contribution in [3.05, 3.63) is 95.1 Å². The first-order chi connectivity index (χ1) is 24.8. The van der Waals surface area contributed by atoms with E-state index < -0.39 is 82.3 Å². The third-order valence-corrected chi connectivity index (χ3v) is 12.3. The monoisotopic (exact) mass is 714 g/mol. The molecule has 278 valence electrons. The lowest BCUT2D eigenvalue weighted by atomic mass is 9.59. The number of benzene rings is 2. The zero-order chi connectivity index (χ0) is 37.5. The smallest absolute Gasteiger partial charge is 0.338 e. The van der Waals surface area contributed by atoms with E-state index in [2.05, 4.69) is 6.92 Å². The minimum absolute atomic E-state index is 0.0370. The number of hydrogen-bond acceptors (Lipinski definition) is 10. The van der Waals surface area contributed by atoms with E-state index in [1.165, 1.54) is 6.08 Å². The van der Waals surface area contributed by atoms with Crippen LogP contribution in [0.2, 0.25) is 0 Å². The molecule has 2 aromatic rings. The van der Waals surface area contributed by atoms with Gasteiger partial charge in [-0.15, -0.1) is 0 Å². The van der Waals surface area contributed by atoms with Gasteiger partial charge in [-0.2, -0.15) is 0 Å². The molecule has 0 aliphatic heterocycles. The Balaban J connectivity index is 1.41. The van der Waals surface area contributed by atoms with Crippen molar-refractivity contribution in [1.82, 2.24) is 0 Å². The molecule has 0 aromatic heterocycles. The Morgan fingerprint density at radius 1 is 0.865 bits per heavy atom. The van der Waals surface area contributed by atoms with Crippen LogP contribution in [0.5, 0.6) is 0 Å². The molecule has 2 fully saturated rings. The van der Waals surface area contributed by atoms with E-state index in [1.807, 2.05) is 6.92 Å². The van der Waals surface area contributed by atoms with Gasteiger partial charge in [0.2, 0.25) is 0 Å². The number of ketones is 1. The zero-order valence-corrected chi connectivity index (χ0v) is 30.4. The largest absolute Gasteiger partial charge is 0.461 e. The predicted molar refractivity (Wildman–Crippen MR) is 191 cm³/mol. The summed E-state index contributed by atoms with van der Waals surface area (Å²) in [5.74, 6) is -4.70. The average Bonchev–Trinajstić information content (AvgIpc) is 3.60. The van der Waals surface area contributed by atoms with Crippen LogP contribution in [0.3, 0.4) is 0 Å². The first-order valence-electron chi connectivity index (χ1n) is 18.5. The summed E-state index contributed by atoms with van der Waals surface area (Å²) in [5, 5.41) is 36.1. The third kappa shape index (κ3) is 5.93. The molecule has 52 heavy (non-hydrogen) atoms. The van der Waals surface area contributed by atoms with Gasteiger partial charge in [-0.3, -0.25) is 9.59 Å². The van der Waals surface area contributed by atoms with Crippen molar-refractivity contribution < 1.29 is 48.7 Å². The van der Waals surface area contributed by atoms with Crippen LogP contribution in [0.1, 0.15) is 93.4 Å². The van der Waals surface area contributed by atoms with Gasteiger partial charge >= 0.3 is 17.9 Å². The lowest BCUT2D eigenvalue weighted by molar-refractivity contribution is -0.192. The fourth-order valence-electron chi connectivity index (χ4n) is 9.55. The summed E-state index contributed by atoms with van der Waals surface area (Å²) in [7, 11) is 0. The van der Waals surface area contributed by atoms with Crippen LogP contribution in [0.25, 0.3) is 0 Å². The van der Waals surface area contributed by atoms with Crippen molar-refractivity contribution in [2.45, 2.75) is 96.1 Å². The molecule has 0 radical (unpaired) electrons. The molecule has 9 atom stereocenters. The molecule has 10 heteroatoms. The zero-order valence-electron chi connectivity index (χ0n) is 30.4. The summed E-state index contributed by atoms with van der Waals surface area (Å²) in [6, 6.07) is 16.8. The minimum Gasteiger partial charge on any atom is -0.461 e. The van der Waals surface area contributed by atoms with Gasteiger partial charge in [0.25, 0.3) is 0 Å². The Morgan fingerprint density at radius 2 is 1.46 bits per heavy atom. The second-order valence-electron chi connectivity index (χ2n) is 15.4. The lowest BCUT2D eigenvalue weighted by Gasteiger charge is -2.48. The van der Waals surface area contributed by atoms with Crippen molar-refractivity contribution in [3.63, 3.8) is 0 Å². The summed E-state index contributed by atoms with van der Waals surface area (Å²) >= 11 is 0. The van der Waals surface area contributed by atoms with Gasteiger partial charge in [0, 0.05) is 23.7 Å². The Hall–Kier alpha value is -4.12. The van der Waals surface area contributed by atoms with Crippen LogP contribution in [0, 0.1) is 28.6 Å². The van der Waals surface area contributed by atoms with Gasteiger partial charge in [-0.1, -0.05) is 95.0 Å². The maximum atomic E-state index is 15.2. The van der Waals surface area contributed by atoms with Crippen molar-refractivity contribution >= 4 is 23.7 Å². The van der Waals surface area contributed by atoms with Gasteiger partial charge in [0.1, 0.15) is 36.6 Å². The van der Waals surface area contributed by atoms with Crippen LogP contribution < -0.4 is 0 Å². The number of fused-ring (bicyclic) bond motifs is 3. The number of carbonyl (C=O) groups excluding carboxylic acids is 4. The van der Waals surface area contributed by atoms with Crippen LogP contribution >= 0.6 is 0 Å². The highest BCUT2D eigenvalue weighted by atomic mass is 16.6. The molecule has 6 rings (SSSR count). The first kappa shape index (κ1) is 37.6. The summed E-state index contributed by atoms with van der Waals surface area (Å²) in [4.78, 5) is 55.1. The molecule has 4 aliphatic rings. The summed E-state index contributed by atoms with van der Waals surface area (Å²) in [5.41, 5.74) is -5.56. The van der Waals surface area contributed by atoms with E-state index in [0.717, 1.165) is 25.7 Å². The van der Waals surface area contributed by atoms with E-state index in [4.69, 9.17) is 14.2 Å². The Morgan fingerprint density at radius 3 is 2.08 bits per heavy atom. The Labute approximate surface area is 304 Å². The van der Waals surface area contributed by atoms with Crippen molar-refractivity contribution in [3.8, 4) is 0 Å². The van der Waals surface area contributed by atoms with Crippen LogP contribution in [0.15, 0.2) is 84.0 Å². The quantitative estimate of drug-likeness (QED) is 0.104. The van der Waals surface area contributed by atoms with E-state index >= 15 is 4.79 Å². The maximum Gasteiger partial charge on any atom is 0.338 e. The number of unbranched alkanes of at least 4 members (excludes halogenated alkanes) is 4. The second kappa shape index (κ2) is 14.4. The Kier molecular flexibility index (Phi) is 10.4. The second-order valence-corrected chi connectivity index (χ2v) is 15.4. The van der Waals surface area contributed by atoms with Gasteiger partial charge in [0.05, 0.1) is 16.5 Å². The molecule has 2 bridgehead atoms. The highest BCUT2D eigenvalue weighted by Crippen LogP contribution is 2.75. The van der Waals surface area contributed by atoms with E-state index in [9.17, 15) is 29.7 Å². The van der Waals surface area contributed by atoms with Gasteiger partial charge in [-0.25, -0.2) is 9.59 Å². The molecule has 0 heterocycles. The minimum atomic E-state index is -2.41. The molecular weight excluding hydrogens is 664 g/mol. The number of hydrogen-bond donors (Lipinski definition) is 3. The number of esters is 3. The highest BCUT2D eigenvalue weighted by molar-refractivity contribution is 5.96. The average molecular weight is 715 g/mol. The predicted octanol–water partition coefficient (Wildman–Crippen LogP) is 5.54. The first-order valence-corrected chi connectivity index (χ1v) is 18.5. The highest BCUT2D eigenvalue weighted by Gasteiger charge is 2.85. The SMILES string of the molecule is CCCCCCCC(=O)O[C@]12C[C@@H](C)[C@]34C=C(C)[C@H](O)[C@@]3(O)[C@H](O)C(COC(=O)c3ccccc3)=C[C@H](C4=O)[C@@H]1[C@]2(C)COC(=O)c1ccccc1. The number of aliphatic hydroxyl groups is 3. The molecule has 0 unspecified atom stereocenters. The number of allylic oxidation sites excluding steroid dienone is 1. The number of aliphatic hydroxyl groups excluding tert-OH is 2. The van der Waals surface area contributed by atoms with Gasteiger partial charge in [-0.05, 0) is 61.1 Å². The molecule has 2 saturated carbocycles. The normalized spacial score (nSPS) is 34.4. The molecule has 10 nitrogen and oxygen atoms in total. The summed E-state index contributed by atoms with van der Waals surface area (Å²) in [6.07, 6.45) is 4.57. The van der Waals surface area contributed by atoms with Crippen molar-refractivity contribution in [1.29, 1.82) is 0 Å². The molecule has 0 saturated heterocycles. The number of carbonyl (C=O) groups is 4. The van der Waals surface area contributed by atoms with E-state index in [-0.39, 0.29) is 30.6 Å². The fraction of sp³-hybridized carbons (Fsp3) is 0.524. The van der Waals surface area contributed by atoms with E-state index in [0.29, 0.717) is 17.6 Å². The summed E-state index contributed by atoms with van der Waals surface area (Å²) < 4.78 is 18.0. The summed E-state index contributed by atoms with van der Waals surface area (Å²) in [6.45, 7) is 6.66. The lowest BCUT2D eigenvalue weighted by Crippen LogP contribution is -2.65. The molecule has 1 spiro atoms. The number of ether oxygens (including phenoxy) is 3. The van der Waals surface area contributed by atoms with Crippen LogP contribution in [0.4, 0.5) is 0 Å². The van der Waals surface area contributed by atoms with Crippen LogP contribution in [-0.2, 0) is 23.8 Å². The maximum absolute atomic E-state index is 15.2. The molecule has 2 aromatic carbocycles. The number of Topliss-reactive ketones (excluding diaryl/α,β-unsaturated/α-hetero) is 1. The fourth-order valence-corrected chi connectivity index (χ4v) is 9.55. The number of rotatable bonds is 13. The van der Waals surface area contributed by atoms with Gasteiger partial charge < -0.3 is 29.5 Å². The van der Waals surface area contributed by atoms with E-state index in [1.54, 1.807) is 80.6 Å². The van der Waals surface area contributed by atoms with Crippen LogP contribution in [-0.4, -0.2) is 75.6 Å². The van der Waals surface area contributed by atoms with Crippen molar-refractivity contribution in [2.24, 2.45) is 28.6 Å². The molecule has 3 N–H and O–H groups in total. The molecule has 0 amide bonds. The van der Waals surface area contributed by atoms with Gasteiger partial charge in [0.15, 0.2) is 5.78 Å². The topological polar surface area (TPSA) is 157 Å². The molecular formula is C42H50O10. The molecule has 4 aliphatic carbocycles.